The molecule has 15 heteroatoms. The van der Waals surface area contributed by atoms with Gasteiger partial charge < -0.3 is 23.7 Å². The van der Waals surface area contributed by atoms with E-state index in [0.717, 1.165) is 53.1 Å². The minimum Gasteiger partial charge on any atom is -0.497 e. The van der Waals surface area contributed by atoms with E-state index in [2.05, 4.69) is 4.90 Å². The van der Waals surface area contributed by atoms with Gasteiger partial charge in [0.05, 0.1) is 49.6 Å². The van der Waals surface area contributed by atoms with Crippen molar-refractivity contribution in [3.8, 4) is 5.75 Å². The molecule has 11 nitrogen and oxygen atoms in total. The van der Waals surface area contributed by atoms with Gasteiger partial charge in [-0.1, -0.05) is 36.4 Å². The molecule has 0 spiro atoms. The lowest BCUT2D eigenvalue weighted by atomic mass is 10.0. The van der Waals surface area contributed by atoms with E-state index in [0.29, 0.717) is 48.9 Å². The van der Waals surface area contributed by atoms with E-state index in [-0.39, 0.29) is 29.9 Å². The molecule has 1 saturated heterocycles. The van der Waals surface area contributed by atoms with Crippen LogP contribution in [0.25, 0.3) is 0 Å². The first-order chi connectivity index (χ1) is 27.8. The third-order valence-corrected chi connectivity index (χ3v) is 11.8. The number of methoxy groups -OCH3 is 2. The van der Waals surface area contributed by atoms with Gasteiger partial charge in [0.15, 0.2) is 0 Å². The number of fused-ring (bicyclic) bond motifs is 1. The molecule has 1 aromatic heterocycles. The number of hydrogen-bond acceptors (Lipinski definition) is 9. The number of amides is 1. The highest BCUT2D eigenvalue weighted by Gasteiger charge is 2.32. The van der Waals surface area contributed by atoms with E-state index >= 15 is 0 Å². The lowest BCUT2D eigenvalue weighted by Crippen LogP contribution is -2.46. The number of rotatable bonds is 11. The summed E-state index contributed by atoms with van der Waals surface area (Å²) in [6.07, 6.45) is -1.11. The van der Waals surface area contributed by atoms with Crippen molar-refractivity contribution in [1.82, 2.24) is 9.21 Å². The number of furan rings is 1. The zero-order valence-electron chi connectivity index (χ0n) is 32.2. The van der Waals surface area contributed by atoms with Crippen LogP contribution in [0.5, 0.6) is 5.75 Å². The average molecular weight is 819 g/mol. The van der Waals surface area contributed by atoms with Crippen molar-refractivity contribution in [2.45, 2.75) is 37.0 Å². The van der Waals surface area contributed by atoms with Crippen LogP contribution in [0.3, 0.4) is 0 Å². The third-order valence-electron chi connectivity index (χ3n) is 10.00. The van der Waals surface area contributed by atoms with Gasteiger partial charge in [0.1, 0.15) is 11.5 Å². The predicted octanol–water partition coefficient (Wildman–Crippen LogP) is 7.27. The minimum absolute atomic E-state index is 0.0391. The van der Waals surface area contributed by atoms with Crippen molar-refractivity contribution in [3.63, 3.8) is 0 Å². The molecule has 58 heavy (non-hydrogen) atoms. The monoisotopic (exact) mass is 818 g/mol. The standard InChI is InChI=1S/C23H24N2O5S.C20H21F3N2O2/c1-29-19-10-12-21(13-11-19)31(27,28)24(16-20-8-5-15-30-20)17-23(26)25-14-4-7-18-6-2-3-9-22(18)25;1-27-19(26)16-5-2-4-15(12-16)14-24-8-10-25(11-9-24)18-7-3-6-17(13-18)20(21,22)23/h2-3,5-6,8-13,15H,4,7,14,16-17H2,1H3;2-7,12-13H,8-11,14H2,1H3. The number of carbonyl (C=O) groups is 2. The van der Waals surface area contributed by atoms with Gasteiger partial charge in [0, 0.05) is 50.6 Å². The Bertz CT molecular complexity index is 2260. The molecule has 7 rings (SSSR count). The lowest BCUT2D eigenvalue weighted by Gasteiger charge is -2.36. The molecule has 0 radical (unpaired) electrons. The number of piperazine rings is 1. The van der Waals surface area contributed by atoms with Gasteiger partial charge in [-0.15, -0.1) is 0 Å². The van der Waals surface area contributed by atoms with Crippen LogP contribution in [0.15, 0.2) is 125 Å². The third kappa shape index (κ3) is 10.4. The highest BCUT2D eigenvalue weighted by Crippen LogP contribution is 2.32. The Morgan fingerprint density at radius 2 is 1.57 bits per heavy atom. The quantitative estimate of drug-likeness (QED) is 0.127. The molecule has 3 heterocycles. The normalized spacial score (nSPS) is 14.7. The second-order valence-corrected chi connectivity index (χ2v) is 15.7. The summed E-state index contributed by atoms with van der Waals surface area (Å²) in [5.41, 5.74) is 3.43. The molecule has 0 atom stereocenters. The van der Waals surface area contributed by atoms with Crippen LogP contribution in [-0.4, -0.2) is 83.0 Å². The van der Waals surface area contributed by atoms with Crippen LogP contribution in [0.1, 0.15) is 39.2 Å². The topological polar surface area (TPSA) is 113 Å². The van der Waals surface area contributed by atoms with E-state index in [1.807, 2.05) is 47.4 Å². The number of esters is 1. The fourth-order valence-electron chi connectivity index (χ4n) is 6.94. The van der Waals surface area contributed by atoms with Crippen molar-refractivity contribution in [2.24, 2.45) is 0 Å². The van der Waals surface area contributed by atoms with Crippen LogP contribution in [0, 0.1) is 0 Å². The number of anilines is 2. The van der Waals surface area contributed by atoms with Crippen molar-refractivity contribution < 1.29 is 45.1 Å². The number of hydrogen-bond donors (Lipinski definition) is 0. The minimum atomic E-state index is -4.33. The number of alkyl halides is 3. The summed E-state index contributed by atoms with van der Waals surface area (Å²) in [6, 6.07) is 30.0. The van der Waals surface area contributed by atoms with Crippen LogP contribution in [0.2, 0.25) is 0 Å². The highest BCUT2D eigenvalue weighted by molar-refractivity contribution is 7.89. The van der Waals surface area contributed by atoms with Gasteiger partial charge in [-0.05, 0) is 96.8 Å². The number of para-hydroxylation sites is 1. The smallest absolute Gasteiger partial charge is 0.416 e. The molecule has 0 saturated carbocycles. The fraction of sp³-hybridized carbons (Fsp3) is 0.302. The summed E-state index contributed by atoms with van der Waals surface area (Å²) in [4.78, 5) is 30.8. The molecular formula is C43H45F3N4O7S. The first kappa shape index (κ1) is 42.0. The maximum atomic E-state index is 13.4. The van der Waals surface area contributed by atoms with Gasteiger partial charge in [-0.3, -0.25) is 9.69 Å². The summed E-state index contributed by atoms with van der Waals surface area (Å²) in [6.45, 7) is 3.69. The van der Waals surface area contributed by atoms with Crippen LogP contribution < -0.4 is 14.5 Å². The largest absolute Gasteiger partial charge is 0.497 e. The van der Waals surface area contributed by atoms with E-state index in [9.17, 15) is 31.2 Å². The number of nitrogens with zero attached hydrogens (tertiary/aromatic N) is 4. The number of benzene rings is 4. The first-order valence-electron chi connectivity index (χ1n) is 18.7. The van der Waals surface area contributed by atoms with Crippen LogP contribution in [-0.2, 0) is 45.2 Å². The fourth-order valence-corrected chi connectivity index (χ4v) is 8.30. The molecule has 0 aliphatic carbocycles. The molecular weight excluding hydrogens is 774 g/mol. The maximum Gasteiger partial charge on any atom is 0.416 e. The van der Waals surface area contributed by atoms with Gasteiger partial charge >= 0.3 is 12.1 Å². The highest BCUT2D eigenvalue weighted by atomic mass is 32.2. The summed E-state index contributed by atoms with van der Waals surface area (Å²) >= 11 is 0. The molecule has 2 aliphatic heterocycles. The lowest BCUT2D eigenvalue weighted by molar-refractivity contribution is -0.137. The Morgan fingerprint density at radius 3 is 2.26 bits per heavy atom. The van der Waals surface area contributed by atoms with E-state index in [1.165, 1.54) is 44.7 Å². The van der Waals surface area contributed by atoms with Crippen LogP contribution >= 0.6 is 0 Å². The Morgan fingerprint density at radius 1 is 0.828 bits per heavy atom. The van der Waals surface area contributed by atoms with Crippen molar-refractivity contribution in [2.75, 3.05) is 63.3 Å². The SMILES string of the molecule is COC(=O)c1cccc(CN2CCN(c3cccc(C(F)(F)F)c3)CC2)c1.COc1ccc(S(=O)(=O)N(CC(=O)N2CCCc3ccccc32)Cc2ccco2)cc1. The molecule has 1 fully saturated rings. The van der Waals surface area contributed by atoms with E-state index in [4.69, 9.17) is 13.9 Å². The molecule has 2 aliphatic rings. The molecule has 0 N–H and O–H groups in total. The van der Waals surface area contributed by atoms with Crippen molar-refractivity contribution in [3.05, 3.63) is 143 Å². The predicted molar refractivity (Wildman–Crippen MR) is 213 cm³/mol. The summed E-state index contributed by atoms with van der Waals surface area (Å²) in [5.74, 6) is 0.378. The van der Waals surface area contributed by atoms with Crippen molar-refractivity contribution >= 4 is 33.3 Å². The van der Waals surface area contributed by atoms with Gasteiger partial charge in [0.2, 0.25) is 15.9 Å². The Kier molecular flexibility index (Phi) is 13.6. The van der Waals surface area contributed by atoms with E-state index in [1.54, 1.807) is 41.3 Å². The second-order valence-electron chi connectivity index (χ2n) is 13.8. The summed E-state index contributed by atoms with van der Waals surface area (Å²) in [7, 11) is -1.08. The van der Waals surface area contributed by atoms with Crippen molar-refractivity contribution in [1.29, 1.82) is 0 Å². The molecule has 5 aromatic rings. The molecule has 4 aromatic carbocycles. The zero-order valence-corrected chi connectivity index (χ0v) is 33.0. The first-order valence-corrected chi connectivity index (χ1v) is 20.2. The number of ether oxygens (including phenoxy) is 2. The maximum absolute atomic E-state index is 13.4. The molecule has 1 amide bonds. The summed E-state index contributed by atoms with van der Waals surface area (Å²) < 4.78 is 81.9. The summed E-state index contributed by atoms with van der Waals surface area (Å²) in [5, 5.41) is 0. The molecule has 306 valence electrons. The zero-order chi connectivity index (χ0) is 41.3. The van der Waals surface area contributed by atoms with Gasteiger partial charge in [0.25, 0.3) is 0 Å². The average Bonchev–Trinajstić information content (AvgIpc) is 3.76. The number of aryl methyl sites for hydroxylation is 1. The Balaban J connectivity index is 0.000000198. The second kappa shape index (κ2) is 18.7. The van der Waals surface area contributed by atoms with Crippen LogP contribution in [0.4, 0.5) is 24.5 Å². The number of halogens is 3. The van der Waals surface area contributed by atoms with E-state index < -0.39 is 21.8 Å². The van der Waals surface area contributed by atoms with Gasteiger partial charge in [-0.2, -0.15) is 17.5 Å². The molecule has 0 bridgehead atoms. The number of carbonyl (C=O) groups excluding carboxylic acids is 2. The Labute approximate surface area is 336 Å². The Hall–Kier alpha value is -5.64. The molecule has 0 unspecified atom stereocenters. The number of sulfonamides is 1. The van der Waals surface area contributed by atoms with Gasteiger partial charge in [-0.25, -0.2) is 13.2 Å².